The molecule has 1 aliphatic rings. The topological polar surface area (TPSA) is 18.5 Å². The zero-order valence-corrected chi connectivity index (χ0v) is 24.4. The second kappa shape index (κ2) is 15.9. The third-order valence-electron chi connectivity index (χ3n) is 7.88. The molecule has 3 aromatic rings. The zero-order chi connectivity index (χ0) is 29.0. The molecule has 220 valence electrons. The number of halogens is 3. The van der Waals surface area contributed by atoms with Crippen molar-refractivity contribution in [3.8, 4) is 22.3 Å². The Labute approximate surface area is 243 Å². The van der Waals surface area contributed by atoms with Crippen LogP contribution in [-0.2, 0) is 15.9 Å². The highest BCUT2D eigenvalue weighted by molar-refractivity contribution is 5.71. The standard InChI is InChI=1S/C36H43F3O2/c1-3-5-7-9-10-12-14-34-40-24-30(25-41-34)29-20-21-31(33(37)23-29)26-15-17-27(18-16-26)32-22-19-28(35(38)36(32)39)13-11-8-6-4-2/h6,8,15-23,30,34H,3-5,7,9-14,24-25H2,1-2H3/b8-6+. The molecule has 4 rings (SSSR count). The van der Waals surface area contributed by atoms with Crippen molar-refractivity contribution in [2.75, 3.05) is 13.2 Å². The van der Waals surface area contributed by atoms with Crippen LogP contribution in [0.2, 0.25) is 0 Å². The first-order chi connectivity index (χ1) is 20.0. The van der Waals surface area contributed by atoms with E-state index < -0.39 is 11.6 Å². The van der Waals surface area contributed by atoms with E-state index in [0.29, 0.717) is 48.3 Å². The van der Waals surface area contributed by atoms with E-state index in [0.717, 1.165) is 24.8 Å². The van der Waals surface area contributed by atoms with E-state index >= 15 is 4.39 Å². The van der Waals surface area contributed by atoms with Gasteiger partial charge in [-0.25, -0.2) is 13.2 Å². The Hall–Kier alpha value is -2.89. The molecule has 1 saturated heterocycles. The molecule has 1 heterocycles. The Kier molecular flexibility index (Phi) is 12.1. The molecule has 0 N–H and O–H groups in total. The quantitative estimate of drug-likeness (QED) is 0.143. The lowest BCUT2D eigenvalue weighted by atomic mass is 9.94. The van der Waals surface area contributed by atoms with Gasteiger partial charge in [-0.2, -0.15) is 0 Å². The fourth-order valence-electron chi connectivity index (χ4n) is 5.37. The van der Waals surface area contributed by atoms with E-state index in [9.17, 15) is 8.78 Å². The van der Waals surface area contributed by atoms with Crippen LogP contribution < -0.4 is 0 Å². The molecular weight excluding hydrogens is 521 g/mol. The fraction of sp³-hybridized carbons (Fsp3) is 0.444. The van der Waals surface area contributed by atoms with Crippen molar-refractivity contribution in [3.05, 3.63) is 95.3 Å². The van der Waals surface area contributed by atoms with Gasteiger partial charge in [0.15, 0.2) is 17.9 Å². The van der Waals surface area contributed by atoms with Crippen molar-refractivity contribution in [2.45, 2.75) is 90.3 Å². The van der Waals surface area contributed by atoms with Gasteiger partial charge in [0.2, 0.25) is 0 Å². The number of allylic oxidation sites excluding steroid dienone is 2. The predicted molar refractivity (Wildman–Crippen MR) is 161 cm³/mol. The monoisotopic (exact) mass is 564 g/mol. The van der Waals surface area contributed by atoms with Crippen molar-refractivity contribution in [1.82, 2.24) is 0 Å². The highest BCUT2D eigenvalue weighted by Crippen LogP contribution is 2.32. The summed E-state index contributed by atoms with van der Waals surface area (Å²) in [7, 11) is 0. The largest absolute Gasteiger partial charge is 0.352 e. The molecule has 3 aromatic carbocycles. The fourth-order valence-corrected chi connectivity index (χ4v) is 5.37. The second-order valence-electron chi connectivity index (χ2n) is 11.0. The van der Waals surface area contributed by atoms with Crippen LogP contribution in [0.5, 0.6) is 0 Å². The van der Waals surface area contributed by atoms with Crippen LogP contribution in [-0.4, -0.2) is 19.5 Å². The number of ether oxygens (including phenoxy) is 2. The first kappa shape index (κ1) is 31.1. The first-order valence-corrected chi connectivity index (χ1v) is 15.3. The SMILES string of the molecule is CC/C=C/CCc1ccc(-c2ccc(-c3ccc(C4COC(CCCCCCCC)OC4)cc3F)cc2)c(F)c1F. The zero-order valence-electron chi connectivity index (χ0n) is 24.4. The van der Waals surface area contributed by atoms with Crippen LogP contribution in [0.3, 0.4) is 0 Å². The summed E-state index contributed by atoms with van der Waals surface area (Å²) < 4.78 is 56.7. The molecule has 2 nitrogen and oxygen atoms in total. The number of hydrogen-bond donors (Lipinski definition) is 0. The highest BCUT2D eigenvalue weighted by Gasteiger charge is 2.24. The average Bonchev–Trinajstić information content (AvgIpc) is 3.00. The molecule has 0 aliphatic carbocycles. The maximum Gasteiger partial charge on any atom is 0.166 e. The molecule has 0 atom stereocenters. The van der Waals surface area contributed by atoms with Crippen LogP contribution in [0, 0.1) is 17.5 Å². The smallest absolute Gasteiger partial charge is 0.166 e. The summed E-state index contributed by atoms with van der Waals surface area (Å²) in [5.74, 6) is -1.99. The van der Waals surface area contributed by atoms with Crippen LogP contribution in [0.15, 0.2) is 66.7 Å². The van der Waals surface area contributed by atoms with E-state index in [-0.39, 0.29) is 23.6 Å². The molecular formula is C36H43F3O2. The number of rotatable bonds is 14. The molecule has 41 heavy (non-hydrogen) atoms. The minimum Gasteiger partial charge on any atom is -0.352 e. The summed E-state index contributed by atoms with van der Waals surface area (Å²) in [5, 5.41) is 0. The van der Waals surface area contributed by atoms with Crippen molar-refractivity contribution in [1.29, 1.82) is 0 Å². The third-order valence-corrected chi connectivity index (χ3v) is 7.88. The number of unbranched alkanes of at least 4 members (excludes halogenated alkanes) is 5. The molecule has 1 fully saturated rings. The van der Waals surface area contributed by atoms with Crippen LogP contribution in [0.4, 0.5) is 13.2 Å². The summed E-state index contributed by atoms with van der Waals surface area (Å²) >= 11 is 0. The van der Waals surface area contributed by atoms with Crippen LogP contribution in [0.1, 0.15) is 88.7 Å². The summed E-state index contributed by atoms with van der Waals surface area (Å²) in [6, 6.07) is 15.4. The van der Waals surface area contributed by atoms with Gasteiger partial charge in [-0.3, -0.25) is 0 Å². The van der Waals surface area contributed by atoms with E-state index in [2.05, 4.69) is 6.92 Å². The Balaban J connectivity index is 1.34. The van der Waals surface area contributed by atoms with Crippen molar-refractivity contribution in [2.24, 2.45) is 0 Å². The van der Waals surface area contributed by atoms with Gasteiger partial charge >= 0.3 is 0 Å². The lowest BCUT2D eigenvalue weighted by Crippen LogP contribution is -2.30. The maximum absolute atomic E-state index is 15.2. The molecule has 1 aliphatic heterocycles. The Bertz CT molecular complexity index is 1260. The summed E-state index contributed by atoms with van der Waals surface area (Å²) in [6.45, 7) is 5.29. The van der Waals surface area contributed by atoms with E-state index in [1.54, 1.807) is 48.5 Å². The van der Waals surface area contributed by atoms with Crippen molar-refractivity contribution in [3.63, 3.8) is 0 Å². The predicted octanol–water partition coefficient (Wildman–Crippen LogP) is 10.5. The molecule has 0 amide bonds. The lowest BCUT2D eigenvalue weighted by Gasteiger charge is -2.30. The molecule has 0 saturated carbocycles. The van der Waals surface area contributed by atoms with Gasteiger partial charge in [-0.05, 0) is 60.4 Å². The molecule has 0 spiro atoms. The van der Waals surface area contributed by atoms with E-state index in [1.807, 2.05) is 25.1 Å². The summed E-state index contributed by atoms with van der Waals surface area (Å²) in [5.41, 5.74) is 3.10. The average molecular weight is 565 g/mol. The highest BCUT2D eigenvalue weighted by atomic mass is 19.2. The maximum atomic E-state index is 15.2. The summed E-state index contributed by atoms with van der Waals surface area (Å²) in [4.78, 5) is 0. The normalized spacial score (nSPS) is 17.4. The van der Waals surface area contributed by atoms with Gasteiger partial charge in [-0.15, -0.1) is 0 Å². The minimum absolute atomic E-state index is 0.00904. The number of hydrogen-bond acceptors (Lipinski definition) is 2. The molecule has 0 bridgehead atoms. The Morgan fingerprint density at radius 3 is 2.07 bits per heavy atom. The lowest BCUT2D eigenvalue weighted by molar-refractivity contribution is -0.190. The second-order valence-corrected chi connectivity index (χ2v) is 11.0. The molecule has 5 heteroatoms. The van der Waals surface area contributed by atoms with Crippen LogP contribution in [0.25, 0.3) is 22.3 Å². The van der Waals surface area contributed by atoms with Gasteiger partial charge < -0.3 is 9.47 Å². The van der Waals surface area contributed by atoms with Crippen molar-refractivity contribution >= 4 is 0 Å². The minimum atomic E-state index is -0.851. The van der Waals surface area contributed by atoms with Crippen molar-refractivity contribution < 1.29 is 22.6 Å². The van der Waals surface area contributed by atoms with Gasteiger partial charge in [0.1, 0.15) is 5.82 Å². The Morgan fingerprint density at radius 1 is 0.732 bits per heavy atom. The number of aryl methyl sites for hydroxylation is 1. The number of benzene rings is 3. The van der Waals surface area contributed by atoms with Gasteiger partial charge in [0, 0.05) is 17.0 Å². The van der Waals surface area contributed by atoms with Gasteiger partial charge in [0.25, 0.3) is 0 Å². The van der Waals surface area contributed by atoms with E-state index in [4.69, 9.17) is 9.47 Å². The molecule has 0 aromatic heterocycles. The van der Waals surface area contributed by atoms with Crippen LogP contribution >= 0.6 is 0 Å². The Morgan fingerprint density at radius 2 is 1.39 bits per heavy atom. The third kappa shape index (κ3) is 8.56. The van der Waals surface area contributed by atoms with E-state index in [1.165, 1.54) is 32.1 Å². The first-order valence-electron chi connectivity index (χ1n) is 15.3. The van der Waals surface area contributed by atoms with Gasteiger partial charge in [0.05, 0.1) is 13.2 Å². The summed E-state index contributed by atoms with van der Waals surface area (Å²) in [6.07, 6.45) is 14.2. The molecule has 0 unspecified atom stereocenters. The molecule has 0 radical (unpaired) electrons. The van der Waals surface area contributed by atoms with Gasteiger partial charge in [-0.1, -0.05) is 107 Å².